The zero-order valence-corrected chi connectivity index (χ0v) is 15.0. The van der Waals surface area contributed by atoms with Crippen molar-refractivity contribution in [2.24, 2.45) is 5.41 Å². The molecule has 0 spiro atoms. The standard InChI is InChI=1S/C20H24ClNO3/c21-15-6-7-17(18(14-15)25-16-4-2-1-3-5-16)19(24)20(10-13-23)8-11-22-12-9-20/h2,4-7,14,22-23H,1,3,8-13H2. The van der Waals surface area contributed by atoms with E-state index in [4.69, 9.17) is 16.3 Å². The lowest BCUT2D eigenvalue weighted by molar-refractivity contribution is 0.0651. The van der Waals surface area contributed by atoms with Crippen molar-refractivity contribution in [3.8, 4) is 5.75 Å². The van der Waals surface area contributed by atoms with E-state index in [9.17, 15) is 9.90 Å². The van der Waals surface area contributed by atoms with Crippen molar-refractivity contribution in [3.05, 3.63) is 52.8 Å². The molecule has 1 aromatic carbocycles. The summed E-state index contributed by atoms with van der Waals surface area (Å²) in [6.45, 7) is 1.57. The second-order valence-electron chi connectivity index (χ2n) is 6.66. The highest BCUT2D eigenvalue weighted by Gasteiger charge is 2.40. The number of aliphatic hydroxyl groups excluding tert-OH is 1. The molecule has 3 rings (SSSR count). The van der Waals surface area contributed by atoms with E-state index in [1.165, 1.54) is 0 Å². The van der Waals surface area contributed by atoms with E-state index in [1.807, 2.05) is 12.2 Å². The Balaban J connectivity index is 1.93. The number of rotatable bonds is 6. The van der Waals surface area contributed by atoms with Gasteiger partial charge in [0.15, 0.2) is 5.78 Å². The highest BCUT2D eigenvalue weighted by molar-refractivity contribution is 6.30. The molecule has 0 bridgehead atoms. The van der Waals surface area contributed by atoms with Crippen LogP contribution in [0.25, 0.3) is 0 Å². The Labute approximate surface area is 153 Å². The maximum Gasteiger partial charge on any atom is 0.172 e. The van der Waals surface area contributed by atoms with Crippen LogP contribution in [0.15, 0.2) is 42.2 Å². The van der Waals surface area contributed by atoms with Gasteiger partial charge >= 0.3 is 0 Å². The van der Waals surface area contributed by atoms with E-state index in [0.29, 0.717) is 22.8 Å². The second kappa shape index (κ2) is 8.17. The largest absolute Gasteiger partial charge is 0.457 e. The van der Waals surface area contributed by atoms with E-state index in [-0.39, 0.29) is 12.4 Å². The van der Waals surface area contributed by atoms with Crippen molar-refractivity contribution in [2.45, 2.75) is 32.1 Å². The summed E-state index contributed by atoms with van der Waals surface area (Å²) in [5, 5.41) is 13.3. The van der Waals surface area contributed by atoms with Gasteiger partial charge in [-0.2, -0.15) is 0 Å². The lowest BCUT2D eigenvalue weighted by atomic mass is 9.71. The van der Waals surface area contributed by atoms with Crippen molar-refractivity contribution in [3.63, 3.8) is 0 Å². The zero-order chi connectivity index (χ0) is 17.7. The predicted molar refractivity (Wildman–Crippen MR) is 99.1 cm³/mol. The summed E-state index contributed by atoms with van der Waals surface area (Å²) < 4.78 is 5.99. The topological polar surface area (TPSA) is 58.6 Å². The number of halogens is 1. The van der Waals surface area contributed by atoms with Crippen molar-refractivity contribution in [1.29, 1.82) is 0 Å². The van der Waals surface area contributed by atoms with Crippen LogP contribution >= 0.6 is 11.6 Å². The Bertz CT molecular complexity index is 685. The average Bonchev–Trinajstić information content (AvgIpc) is 2.63. The molecule has 1 aliphatic carbocycles. The smallest absolute Gasteiger partial charge is 0.172 e. The van der Waals surface area contributed by atoms with Gasteiger partial charge in [0.25, 0.3) is 0 Å². The quantitative estimate of drug-likeness (QED) is 0.755. The van der Waals surface area contributed by atoms with E-state index in [1.54, 1.807) is 18.2 Å². The van der Waals surface area contributed by atoms with E-state index in [0.717, 1.165) is 44.5 Å². The molecule has 0 radical (unpaired) electrons. The second-order valence-corrected chi connectivity index (χ2v) is 7.10. The van der Waals surface area contributed by atoms with E-state index >= 15 is 0 Å². The highest BCUT2D eigenvalue weighted by Crippen LogP contribution is 2.39. The third-order valence-electron chi connectivity index (χ3n) is 5.01. The van der Waals surface area contributed by atoms with Crippen LogP contribution in [0.4, 0.5) is 0 Å². The minimum Gasteiger partial charge on any atom is -0.457 e. The predicted octanol–water partition coefficient (Wildman–Crippen LogP) is 3.89. The van der Waals surface area contributed by atoms with Crippen LogP contribution in [0.2, 0.25) is 5.02 Å². The molecule has 1 aromatic rings. The van der Waals surface area contributed by atoms with Gasteiger partial charge in [0.1, 0.15) is 11.5 Å². The first-order valence-corrected chi connectivity index (χ1v) is 9.23. The Morgan fingerprint density at radius 2 is 2.08 bits per heavy atom. The number of ketones is 1. The first-order valence-electron chi connectivity index (χ1n) is 8.85. The number of carbonyl (C=O) groups excluding carboxylic acids is 1. The summed E-state index contributed by atoms with van der Waals surface area (Å²) in [5.41, 5.74) is 0.00235. The van der Waals surface area contributed by atoms with Gasteiger partial charge in [-0.05, 0) is 69.5 Å². The number of benzene rings is 1. The summed E-state index contributed by atoms with van der Waals surface area (Å²) in [5.74, 6) is 1.27. The highest BCUT2D eigenvalue weighted by atomic mass is 35.5. The van der Waals surface area contributed by atoms with Gasteiger partial charge in [-0.25, -0.2) is 0 Å². The van der Waals surface area contributed by atoms with Gasteiger partial charge in [0, 0.05) is 23.1 Å². The first-order chi connectivity index (χ1) is 12.1. The van der Waals surface area contributed by atoms with Crippen LogP contribution in [-0.4, -0.2) is 30.6 Å². The number of Topliss-reactive ketones (excluding diaryl/α,β-unsaturated/α-hetero) is 1. The lowest BCUT2D eigenvalue weighted by Crippen LogP contribution is -2.43. The molecule has 0 saturated carbocycles. The molecule has 1 fully saturated rings. The number of piperidine rings is 1. The summed E-state index contributed by atoms with van der Waals surface area (Å²) in [6, 6.07) is 5.17. The Morgan fingerprint density at radius 3 is 2.76 bits per heavy atom. The Morgan fingerprint density at radius 1 is 1.28 bits per heavy atom. The molecule has 4 nitrogen and oxygen atoms in total. The molecule has 2 N–H and O–H groups in total. The fourth-order valence-corrected chi connectivity index (χ4v) is 3.72. The number of carbonyl (C=O) groups is 1. The first kappa shape index (κ1) is 18.2. The number of ether oxygens (including phenoxy) is 1. The number of nitrogens with one attached hydrogen (secondary N) is 1. The van der Waals surface area contributed by atoms with Gasteiger partial charge in [0.2, 0.25) is 0 Å². The van der Waals surface area contributed by atoms with Gasteiger partial charge in [-0.15, -0.1) is 0 Å². The molecule has 25 heavy (non-hydrogen) atoms. The summed E-state index contributed by atoms with van der Waals surface area (Å²) >= 11 is 6.14. The molecule has 0 aromatic heterocycles. The third-order valence-corrected chi connectivity index (χ3v) is 5.24. The minimum atomic E-state index is -0.539. The minimum absolute atomic E-state index is 0.00338. The maximum absolute atomic E-state index is 13.4. The van der Waals surface area contributed by atoms with Crippen LogP contribution in [0.1, 0.15) is 42.5 Å². The van der Waals surface area contributed by atoms with Crippen molar-refractivity contribution >= 4 is 17.4 Å². The average molecular weight is 362 g/mol. The van der Waals surface area contributed by atoms with Gasteiger partial charge in [-0.3, -0.25) is 4.79 Å². The molecule has 1 heterocycles. The molecule has 5 heteroatoms. The molecule has 0 atom stereocenters. The van der Waals surface area contributed by atoms with Crippen LogP contribution in [0, 0.1) is 5.41 Å². The van der Waals surface area contributed by atoms with Crippen molar-refractivity contribution < 1.29 is 14.6 Å². The Kier molecular flexibility index (Phi) is 5.94. The van der Waals surface area contributed by atoms with Crippen LogP contribution in [-0.2, 0) is 0 Å². The molecule has 1 saturated heterocycles. The molecular formula is C20H24ClNO3. The molecule has 0 amide bonds. The summed E-state index contributed by atoms with van der Waals surface area (Å²) in [6.07, 6.45) is 9.83. The number of allylic oxidation sites excluding steroid dienone is 3. The zero-order valence-electron chi connectivity index (χ0n) is 14.3. The maximum atomic E-state index is 13.4. The summed E-state index contributed by atoms with van der Waals surface area (Å²) in [4.78, 5) is 13.4. The van der Waals surface area contributed by atoms with Crippen LogP contribution in [0.3, 0.4) is 0 Å². The molecule has 1 aliphatic heterocycles. The van der Waals surface area contributed by atoms with Gasteiger partial charge in [-0.1, -0.05) is 17.7 Å². The van der Waals surface area contributed by atoms with Crippen molar-refractivity contribution in [2.75, 3.05) is 19.7 Å². The normalized spacial score (nSPS) is 19.4. The molecule has 134 valence electrons. The van der Waals surface area contributed by atoms with Gasteiger partial charge < -0.3 is 15.2 Å². The number of hydrogen-bond donors (Lipinski definition) is 2. The Hall–Kier alpha value is -1.62. The van der Waals surface area contributed by atoms with Crippen LogP contribution < -0.4 is 10.1 Å². The van der Waals surface area contributed by atoms with E-state index in [2.05, 4.69) is 11.4 Å². The third kappa shape index (κ3) is 4.14. The fourth-order valence-electron chi connectivity index (χ4n) is 3.56. The van der Waals surface area contributed by atoms with Gasteiger partial charge in [0.05, 0.1) is 5.56 Å². The number of hydrogen-bond acceptors (Lipinski definition) is 4. The summed E-state index contributed by atoms with van der Waals surface area (Å²) in [7, 11) is 0. The molecule has 2 aliphatic rings. The molecule has 0 unspecified atom stereocenters. The molecular weight excluding hydrogens is 338 g/mol. The van der Waals surface area contributed by atoms with Crippen LogP contribution in [0.5, 0.6) is 5.75 Å². The SMILES string of the molecule is O=C(c1ccc(Cl)cc1OC1=CCCC=C1)C1(CCO)CCNCC1. The number of aliphatic hydroxyl groups is 1. The van der Waals surface area contributed by atoms with Crippen molar-refractivity contribution in [1.82, 2.24) is 5.32 Å². The monoisotopic (exact) mass is 361 g/mol. The lowest BCUT2D eigenvalue weighted by Gasteiger charge is -2.36. The fraction of sp³-hybridized carbons (Fsp3) is 0.450. The van der Waals surface area contributed by atoms with E-state index < -0.39 is 5.41 Å².